The average molecular weight is 284 g/mol. The maximum Gasteiger partial charge on any atom is 0.0711 e. The van der Waals surface area contributed by atoms with Crippen molar-refractivity contribution in [3.63, 3.8) is 0 Å². The topological polar surface area (TPSA) is 50.9 Å². The van der Waals surface area contributed by atoms with Crippen molar-refractivity contribution in [2.45, 2.75) is 6.04 Å². The second kappa shape index (κ2) is 5.59. The van der Waals surface area contributed by atoms with Crippen LogP contribution < -0.4 is 11.3 Å². The SMILES string of the molecule is NNC(c1cccc(Cl)c1)c1ccc2cccnc2c1. The molecule has 20 heavy (non-hydrogen) atoms. The Morgan fingerprint density at radius 2 is 1.85 bits per heavy atom. The first-order chi connectivity index (χ1) is 9.78. The molecule has 3 N–H and O–H groups in total. The molecule has 0 aliphatic rings. The molecule has 2 aromatic carbocycles. The van der Waals surface area contributed by atoms with Gasteiger partial charge in [0.1, 0.15) is 0 Å². The molecule has 0 aliphatic heterocycles. The molecule has 4 heteroatoms. The van der Waals surface area contributed by atoms with Crippen LogP contribution in [-0.4, -0.2) is 4.98 Å². The van der Waals surface area contributed by atoms with Crippen molar-refractivity contribution in [1.82, 2.24) is 10.4 Å². The number of halogens is 1. The molecule has 3 nitrogen and oxygen atoms in total. The fourth-order valence-electron chi connectivity index (χ4n) is 2.33. The molecule has 0 saturated heterocycles. The Kier molecular flexibility index (Phi) is 3.65. The zero-order chi connectivity index (χ0) is 13.9. The maximum absolute atomic E-state index is 6.05. The molecular weight excluding hydrogens is 270 g/mol. The van der Waals surface area contributed by atoms with Crippen molar-refractivity contribution < 1.29 is 0 Å². The van der Waals surface area contributed by atoms with E-state index in [1.165, 1.54) is 0 Å². The van der Waals surface area contributed by atoms with Gasteiger partial charge in [0.2, 0.25) is 0 Å². The number of fused-ring (bicyclic) bond motifs is 1. The smallest absolute Gasteiger partial charge is 0.0711 e. The van der Waals surface area contributed by atoms with E-state index in [4.69, 9.17) is 17.4 Å². The Balaban J connectivity index is 2.07. The number of hydrogen-bond acceptors (Lipinski definition) is 3. The molecular formula is C16H14ClN3. The first-order valence-electron chi connectivity index (χ1n) is 6.34. The number of hydrogen-bond donors (Lipinski definition) is 2. The second-order valence-electron chi connectivity index (χ2n) is 4.61. The predicted molar refractivity (Wildman–Crippen MR) is 82.4 cm³/mol. The van der Waals surface area contributed by atoms with E-state index in [0.717, 1.165) is 22.0 Å². The summed E-state index contributed by atoms with van der Waals surface area (Å²) in [6, 6.07) is 17.7. The van der Waals surface area contributed by atoms with Crippen molar-refractivity contribution in [3.8, 4) is 0 Å². The van der Waals surface area contributed by atoms with Gasteiger partial charge >= 0.3 is 0 Å². The first-order valence-corrected chi connectivity index (χ1v) is 6.72. The van der Waals surface area contributed by atoms with Gasteiger partial charge in [-0.1, -0.05) is 41.9 Å². The Labute approximate surface area is 122 Å². The van der Waals surface area contributed by atoms with Gasteiger partial charge in [0, 0.05) is 16.6 Å². The van der Waals surface area contributed by atoms with Crippen LogP contribution in [0.1, 0.15) is 17.2 Å². The normalized spacial score (nSPS) is 12.5. The third-order valence-electron chi connectivity index (χ3n) is 3.31. The minimum Gasteiger partial charge on any atom is -0.271 e. The Bertz CT molecular complexity index is 742. The summed E-state index contributed by atoms with van der Waals surface area (Å²) in [7, 11) is 0. The standard InChI is InChI=1S/C16H14ClN3/c17-14-5-1-3-12(9-14)16(20-18)13-7-6-11-4-2-8-19-15(11)10-13/h1-10,16,20H,18H2. The molecule has 0 amide bonds. The van der Waals surface area contributed by atoms with Gasteiger partial charge in [0.25, 0.3) is 0 Å². The number of benzene rings is 2. The van der Waals surface area contributed by atoms with E-state index in [9.17, 15) is 0 Å². The van der Waals surface area contributed by atoms with Crippen LogP contribution in [0.25, 0.3) is 10.9 Å². The molecule has 100 valence electrons. The zero-order valence-corrected chi connectivity index (χ0v) is 11.5. The lowest BCUT2D eigenvalue weighted by Gasteiger charge is -2.17. The van der Waals surface area contributed by atoms with E-state index in [2.05, 4.69) is 16.5 Å². The number of hydrazine groups is 1. The highest BCUT2D eigenvalue weighted by Gasteiger charge is 2.13. The fraction of sp³-hybridized carbons (Fsp3) is 0.0625. The highest BCUT2D eigenvalue weighted by molar-refractivity contribution is 6.30. The highest BCUT2D eigenvalue weighted by atomic mass is 35.5. The fourth-order valence-corrected chi connectivity index (χ4v) is 2.53. The number of aromatic nitrogens is 1. The quantitative estimate of drug-likeness (QED) is 0.572. The monoisotopic (exact) mass is 283 g/mol. The Morgan fingerprint density at radius 1 is 1.00 bits per heavy atom. The summed E-state index contributed by atoms with van der Waals surface area (Å²) in [6.45, 7) is 0. The minimum absolute atomic E-state index is 0.111. The molecule has 3 aromatic rings. The summed E-state index contributed by atoms with van der Waals surface area (Å²) in [6.07, 6.45) is 1.79. The molecule has 0 saturated carbocycles. The molecule has 0 bridgehead atoms. The van der Waals surface area contributed by atoms with E-state index < -0.39 is 0 Å². The summed E-state index contributed by atoms with van der Waals surface area (Å²) in [5.41, 5.74) is 5.87. The van der Waals surface area contributed by atoms with E-state index in [0.29, 0.717) is 5.02 Å². The summed E-state index contributed by atoms with van der Waals surface area (Å²) in [5, 5.41) is 1.81. The summed E-state index contributed by atoms with van der Waals surface area (Å²) in [5.74, 6) is 5.72. The summed E-state index contributed by atoms with van der Waals surface area (Å²) in [4.78, 5) is 4.38. The summed E-state index contributed by atoms with van der Waals surface area (Å²) >= 11 is 6.05. The lowest BCUT2D eigenvalue weighted by molar-refractivity contribution is 0.637. The minimum atomic E-state index is -0.111. The van der Waals surface area contributed by atoms with Crippen LogP contribution in [0.15, 0.2) is 60.8 Å². The molecule has 0 radical (unpaired) electrons. The van der Waals surface area contributed by atoms with Gasteiger partial charge < -0.3 is 0 Å². The van der Waals surface area contributed by atoms with Crippen molar-refractivity contribution in [1.29, 1.82) is 0 Å². The lowest BCUT2D eigenvalue weighted by Crippen LogP contribution is -2.28. The van der Waals surface area contributed by atoms with Crippen molar-refractivity contribution >= 4 is 22.5 Å². The van der Waals surface area contributed by atoms with E-state index >= 15 is 0 Å². The molecule has 0 spiro atoms. The summed E-state index contributed by atoms with van der Waals surface area (Å²) < 4.78 is 0. The van der Waals surface area contributed by atoms with Crippen LogP contribution in [0, 0.1) is 0 Å². The molecule has 0 aliphatic carbocycles. The number of nitrogens with zero attached hydrogens (tertiary/aromatic N) is 1. The van der Waals surface area contributed by atoms with Gasteiger partial charge in [0.15, 0.2) is 0 Å². The van der Waals surface area contributed by atoms with Gasteiger partial charge in [-0.15, -0.1) is 0 Å². The van der Waals surface area contributed by atoms with Gasteiger partial charge in [-0.25, -0.2) is 5.43 Å². The zero-order valence-electron chi connectivity index (χ0n) is 10.8. The largest absolute Gasteiger partial charge is 0.271 e. The Hall–Kier alpha value is -1.94. The van der Waals surface area contributed by atoms with Crippen LogP contribution >= 0.6 is 11.6 Å². The third kappa shape index (κ3) is 2.51. The molecule has 1 heterocycles. The Morgan fingerprint density at radius 3 is 2.65 bits per heavy atom. The number of nitrogens with one attached hydrogen (secondary N) is 1. The van der Waals surface area contributed by atoms with Crippen LogP contribution in [0.5, 0.6) is 0 Å². The predicted octanol–water partition coefficient (Wildman–Crippen LogP) is 3.44. The van der Waals surface area contributed by atoms with E-state index in [-0.39, 0.29) is 6.04 Å². The molecule has 1 aromatic heterocycles. The van der Waals surface area contributed by atoms with Crippen molar-refractivity contribution in [2.75, 3.05) is 0 Å². The number of nitrogens with two attached hydrogens (primary N) is 1. The van der Waals surface area contributed by atoms with Gasteiger partial charge in [0.05, 0.1) is 11.6 Å². The molecule has 0 fully saturated rings. The molecule has 1 atom stereocenters. The average Bonchev–Trinajstić information content (AvgIpc) is 2.48. The van der Waals surface area contributed by atoms with Crippen molar-refractivity contribution in [2.24, 2.45) is 5.84 Å². The van der Waals surface area contributed by atoms with Gasteiger partial charge in [-0.05, 0) is 35.4 Å². The van der Waals surface area contributed by atoms with Crippen LogP contribution in [0.3, 0.4) is 0 Å². The molecule has 1 unspecified atom stereocenters. The van der Waals surface area contributed by atoms with E-state index in [1.54, 1.807) is 6.20 Å². The highest BCUT2D eigenvalue weighted by Crippen LogP contribution is 2.25. The van der Waals surface area contributed by atoms with Crippen LogP contribution in [0.4, 0.5) is 0 Å². The van der Waals surface area contributed by atoms with Gasteiger partial charge in [-0.3, -0.25) is 10.8 Å². The second-order valence-corrected chi connectivity index (χ2v) is 5.05. The van der Waals surface area contributed by atoms with Crippen molar-refractivity contribution in [3.05, 3.63) is 76.9 Å². The maximum atomic E-state index is 6.05. The number of pyridine rings is 1. The van der Waals surface area contributed by atoms with Crippen LogP contribution in [0.2, 0.25) is 5.02 Å². The third-order valence-corrected chi connectivity index (χ3v) is 3.55. The number of rotatable bonds is 3. The first kappa shape index (κ1) is 13.1. The lowest BCUT2D eigenvalue weighted by atomic mass is 9.98. The van der Waals surface area contributed by atoms with E-state index in [1.807, 2.05) is 48.5 Å². The van der Waals surface area contributed by atoms with Gasteiger partial charge in [-0.2, -0.15) is 0 Å². The molecule has 3 rings (SSSR count). The van der Waals surface area contributed by atoms with Crippen LogP contribution in [-0.2, 0) is 0 Å².